The second-order valence-electron chi connectivity index (χ2n) is 4.08. The molecule has 90 valence electrons. The smallest absolute Gasteiger partial charge is 0.187 e. The first kappa shape index (κ1) is 12.0. The molecule has 1 aromatic heterocycles. The number of allylic oxidation sites excluding steroid dienone is 1. The number of hydrogen-bond donors (Lipinski definition) is 1. The third kappa shape index (κ3) is 3.04. The molecule has 2 aromatic rings. The average Bonchev–Trinajstić information content (AvgIpc) is 2.38. The molecule has 0 aliphatic carbocycles. The highest BCUT2D eigenvalue weighted by atomic mass is 16.1. The molecule has 0 unspecified atom stereocenters. The van der Waals surface area contributed by atoms with Gasteiger partial charge in [0.05, 0.1) is 5.36 Å². The highest BCUT2D eigenvalue weighted by Gasteiger charge is 2.00. The number of nitrogens with one attached hydrogen (secondary N) is 1. The van der Waals surface area contributed by atoms with Crippen LogP contribution in [0.4, 0.5) is 0 Å². The summed E-state index contributed by atoms with van der Waals surface area (Å²) in [5, 5.41) is 7.81. The SMILES string of the molecule is Cc1cccc(C(=O)/C=C/n2ccc(=N)cc2)c1. The van der Waals surface area contributed by atoms with E-state index in [1.54, 1.807) is 41.4 Å². The van der Waals surface area contributed by atoms with Gasteiger partial charge in [-0.05, 0) is 25.1 Å². The minimum atomic E-state index is -0.0267. The van der Waals surface area contributed by atoms with Gasteiger partial charge in [0.15, 0.2) is 5.78 Å². The van der Waals surface area contributed by atoms with Crippen LogP contribution >= 0.6 is 0 Å². The summed E-state index contributed by atoms with van der Waals surface area (Å²) in [6.07, 6.45) is 6.69. The monoisotopic (exact) mass is 238 g/mol. The van der Waals surface area contributed by atoms with Gasteiger partial charge in [-0.15, -0.1) is 0 Å². The standard InChI is InChI=1S/C15H14N2O/c1-12-3-2-4-13(11-12)15(18)7-10-17-8-5-14(16)6-9-17/h2-11,16H,1H3/b10-7+. The van der Waals surface area contributed by atoms with Gasteiger partial charge in [0, 0.05) is 30.2 Å². The molecule has 0 saturated carbocycles. The van der Waals surface area contributed by atoms with Crippen molar-refractivity contribution >= 4 is 12.0 Å². The maximum absolute atomic E-state index is 11.9. The zero-order valence-corrected chi connectivity index (χ0v) is 10.1. The van der Waals surface area contributed by atoms with Crippen molar-refractivity contribution < 1.29 is 4.79 Å². The number of carbonyl (C=O) groups excluding carboxylic acids is 1. The molecule has 0 radical (unpaired) electrons. The van der Waals surface area contributed by atoms with Gasteiger partial charge in [-0.3, -0.25) is 4.79 Å². The van der Waals surface area contributed by atoms with Crippen LogP contribution in [0.1, 0.15) is 15.9 Å². The van der Waals surface area contributed by atoms with Crippen LogP contribution in [-0.2, 0) is 0 Å². The second kappa shape index (κ2) is 5.27. The quantitative estimate of drug-likeness (QED) is 0.648. The van der Waals surface area contributed by atoms with Crippen LogP contribution in [0, 0.1) is 12.3 Å². The third-order valence-electron chi connectivity index (χ3n) is 2.55. The maximum atomic E-state index is 11.9. The van der Waals surface area contributed by atoms with Gasteiger partial charge in [-0.1, -0.05) is 23.8 Å². The second-order valence-corrected chi connectivity index (χ2v) is 4.08. The molecule has 3 heteroatoms. The van der Waals surface area contributed by atoms with Crippen molar-refractivity contribution in [3.8, 4) is 0 Å². The summed E-state index contributed by atoms with van der Waals surface area (Å²) in [6.45, 7) is 1.96. The van der Waals surface area contributed by atoms with Crippen molar-refractivity contribution in [2.75, 3.05) is 0 Å². The van der Waals surface area contributed by atoms with Crippen molar-refractivity contribution in [2.24, 2.45) is 0 Å². The van der Waals surface area contributed by atoms with E-state index in [0.29, 0.717) is 10.9 Å². The number of rotatable bonds is 3. The number of ketones is 1. The van der Waals surface area contributed by atoms with Gasteiger partial charge in [0.25, 0.3) is 0 Å². The van der Waals surface area contributed by atoms with Gasteiger partial charge in [-0.2, -0.15) is 0 Å². The molecule has 0 atom stereocenters. The predicted molar refractivity (Wildman–Crippen MR) is 71.1 cm³/mol. The molecule has 1 heterocycles. The Morgan fingerprint density at radius 1 is 1.22 bits per heavy atom. The fourth-order valence-electron chi connectivity index (χ4n) is 1.59. The van der Waals surface area contributed by atoms with Crippen molar-refractivity contribution in [3.63, 3.8) is 0 Å². The van der Waals surface area contributed by atoms with Crippen molar-refractivity contribution in [1.82, 2.24) is 4.57 Å². The topological polar surface area (TPSA) is 45.9 Å². The van der Waals surface area contributed by atoms with Crippen LogP contribution in [0.2, 0.25) is 0 Å². The number of hydrogen-bond acceptors (Lipinski definition) is 2. The van der Waals surface area contributed by atoms with E-state index < -0.39 is 0 Å². The molecule has 1 N–H and O–H groups in total. The van der Waals surface area contributed by atoms with Crippen molar-refractivity contribution in [2.45, 2.75) is 6.92 Å². The number of benzene rings is 1. The van der Waals surface area contributed by atoms with Crippen molar-refractivity contribution in [1.29, 1.82) is 5.41 Å². The van der Waals surface area contributed by atoms with Gasteiger partial charge in [-0.25, -0.2) is 0 Å². The lowest BCUT2D eigenvalue weighted by molar-refractivity contribution is 0.104. The van der Waals surface area contributed by atoms with E-state index in [1.165, 1.54) is 6.08 Å². The summed E-state index contributed by atoms with van der Waals surface area (Å²) in [4.78, 5) is 11.9. The Morgan fingerprint density at radius 3 is 2.61 bits per heavy atom. The van der Waals surface area contributed by atoms with E-state index in [2.05, 4.69) is 0 Å². The van der Waals surface area contributed by atoms with E-state index in [0.717, 1.165) is 5.56 Å². The summed E-state index contributed by atoms with van der Waals surface area (Å²) in [6, 6.07) is 10.8. The van der Waals surface area contributed by atoms with Crippen LogP contribution in [-0.4, -0.2) is 10.4 Å². The first-order valence-electron chi connectivity index (χ1n) is 5.67. The summed E-state index contributed by atoms with van der Waals surface area (Å²) in [5.74, 6) is -0.0267. The Morgan fingerprint density at radius 2 is 1.94 bits per heavy atom. The number of aromatic nitrogens is 1. The zero-order chi connectivity index (χ0) is 13.0. The Kier molecular flexibility index (Phi) is 3.53. The molecule has 0 aliphatic heterocycles. The van der Waals surface area contributed by atoms with Crippen LogP contribution in [0.15, 0.2) is 54.9 Å². The van der Waals surface area contributed by atoms with Crippen LogP contribution < -0.4 is 5.36 Å². The largest absolute Gasteiger partial charge is 0.330 e. The lowest BCUT2D eigenvalue weighted by atomic mass is 10.1. The molecular formula is C15H14N2O. The molecule has 0 fully saturated rings. The average molecular weight is 238 g/mol. The zero-order valence-electron chi connectivity index (χ0n) is 10.1. The highest BCUT2D eigenvalue weighted by molar-refractivity contribution is 6.06. The molecular weight excluding hydrogens is 224 g/mol. The van der Waals surface area contributed by atoms with E-state index in [9.17, 15) is 4.79 Å². The molecule has 0 bridgehead atoms. The van der Waals surface area contributed by atoms with E-state index in [1.807, 2.05) is 25.1 Å². The predicted octanol–water partition coefficient (Wildman–Crippen LogP) is 2.63. The van der Waals surface area contributed by atoms with Gasteiger partial charge in [0.1, 0.15) is 0 Å². The molecule has 2 rings (SSSR count). The fraction of sp³-hybridized carbons (Fsp3) is 0.0667. The molecule has 0 aliphatic rings. The normalized spacial score (nSPS) is 10.7. The number of pyridine rings is 1. The first-order valence-corrected chi connectivity index (χ1v) is 5.67. The summed E-state index contributed by atoms with van der Waals surface area (Å²) < 4.78 is 1.74. The Balaban J connectivity index is 2.16. The fourth-order valence-corrected chi connectivity index (χ4v) is 1.59. The molecule has 0 amide bonds. The van der Waals surface area contributed by atoms with Gasteiger partial charge >= 0.3 is 0 Å². The van der Waals surface area contributed by atoms with Crippen LogP contribution in [0.5, 0.6) is 0 Å². The molecule has 3 nitrogen and oxygen atoms in total. The lowest BCUT2D eigenvalue weighted by Crippen LogP contribution is -2.00. The van der Waals surface area contributed by atoms with Gasteiger partial charge in [0.2, 0.25) is 0 Å². The molecule has 0 spiro atoms. The molecule has 18 heavy (non-hydrogen) atoms. The van der Waals surface area contributed by atoms with Gasteiger partial charge < -0.3 is 9.98 Å². The van der Waals surface area contributed by atoms with E-state index in [4.69, 9.17) is 5.41 Å². The summed E-state index contributed by atoms with van der Waals surface area (Å²) >= 11 is 0. The minimum Gasteiger partial charge on any atom is -0.330 e. The van der Waals surface area contributed by atoms with Crippen LogP contribution in [0.3, 0.4) is 0 Å². The Bertz CT molecular complexity index is 633. The van der Waals surface area contributed by atoms with E-state index in [-0.39, 0.29) is 5.78 Å². The Hall–Kier alpha value is -2.42. The van der Waals surface area contributed by atoms with Crippen molar-refractivity contribution in [3.05, 3.63) is 71.4 Å². The lowest BCUT2D eigenvalue weighted by Gasteiger charge is -1.99. The minimum absolute atomic E-state index is 0.0267. The Labute approximate surface area is 106 Å². The molecule has 0 saturated heterocycles. The summed E-state index contributed by atoms with van der Waals surface area (Å²) in [5.41, 5.74) is 1.75. The third-order valence-corrected chi connectivity index (χ3v) is 2.55. The number of aryl methyl sites for hydroxylation is 1. The first-order chi connectivity index (χ1) is 8.65. The highest BCUT2D eigenvalue weighted by Crippen LogP contribution is 2.05. The number of nitrogens with zero attached hydrogens (tertiary/aromatic N) is 1. The van der Waals surface area contributed by atoms with Crippen LogP contribution in [0.25, 0.3) is 6.20 Å². The summed E-state index contributed by atoms with van der Waals surface area (Å²) in [7, 11) is 0. The number of carbonyl (C=O) groups is 1. The maximum Gasteiger partial charge on any atom is 0.187 e. The van der Waals surface area contributed by atoms with E-state index >= 15 is 0 Å². The molecule has 1 aromatic carbocycles.